The second kappa shape index (κ2) is 18.0. The third-order valence-electron chi connectivity index (χ3n) is 6.79. The molecule has 1 saturated heterocycles. The Morgan fingerprint density at radius 3 is 2.24 bits per heavy atom. The Morgan fingerprint density at radius 2 is 1.59 bits per heavy atom. The normalized spacial score (nSPS) is 21.5. The summed E-state index contributed by atoms with van der Waals surface area (Å²) in [5.41, 5.74) is 5.55. The van der Waals surface area contributed by atoms with Gasteiger partial charge >= 0.3 is 5.97 Å². The third kappa shape index (κ3) is 11.8. The molecule has 1 aromatic rings. The Hall–Kier alpha value is -2.29. The van der Waals surface area contributed by atoms with Gasteiger partial charge in [0, 0.05) is 12.5 Å². The summed E-state index contributed by atoms with van der Waals surface area (Å²) < 4.78 is 12.5. The molecule has 1 aliphatic heterocycles. The minimum atomic E-state index is -1.23. The predicted molar refractivity (Wildman–Crippen MR) is 141 cm³/mol. The molecule has 0 saturated carbocycles. The zero-order valence-electron chi connectivity index (χ0n) is 22.4. The quantitative estimate of drug-likeness (QED) is 0.109. The zero-order chi connectivity index (χ0) is 26.9. The number of carbonyl (C=O) groups excluding carboxylic acids is 2. The molecule has 1 unspecified atom stereocenters. The van der Waals surface area contributed by atoms with Gasteiger partial charge in [-0.25, -0.2) is 0 Å². The number of aromatic nitrogens is 1. The van der Waals surface area contributed by atoms with Gasteiger partial charge in [0.2, 0.25) is 0 Å². The SMILES string of the molecule is CCCCCCCC/C=C\CCCCCCCC(=O)OCC1O[C@@H]([n+]2cccc(C(N)=O)c2)[C@H](O)[C@@H]1O. The fourth-order valence-corrected chi connectivity index (χ4v) is 4.50. The number of rotatable bonds is 19. The molecule has 37 heavy (non-hydrogen) atoms. The molecule has 2 heterocycles. The molecule has 8 nitrogen and oxygen atoms in total. The number of ether oxygens (including phenoxy) is 2. The molecule has 208 valence electrons. The average Bonchev–Trinajstić information content (AvgIpc) is 3.18. The van der Waals surface area contributed by atoms with Gasteiger partial charge in [-0.1, -0.05) is 70.4 Å². The van der Waals surface area contributed by atoms with Gasteiger partial charge in [0.25, 0.3) is 12.1 Å². The zero-order valence-corrected chi connectivity index (χ0v) is 22.4. The van der Waals surface area contributed by atoms with Gasteiger partial charge in [0.05, 0.1) is 0 Å². The fourth-order valence-electron chi connectivity index (χ4n) is 4.50. The first-order valence-corrected chi connectivity index (χ1v) is 14.1. The smallest absolute Gasteiger partial charge is 0.305 e. The number of pyridine rings is 1. The van der Waals surface area contributed by atoms with Crippen LogP contribution in [0.5, 0.6) is 0 Å². The van der Waals surface area contributed by atoms with Crippen molar-refractivity contribution in [1.29, 1.82) is 0 Å². The second-order valence-corrected chi connectivity index (χ2v) is 9.97. The molecule has 4 N–H and O–H groups in total. The van der Waals surface area contributed by atoms with E-state index in [4.69, 9.17) is 15.2 Å². The van der Waals surface area contributed by atoms with E-state index in [-0.39, 0.29) is 18.1 Å². The van der Waals surface area contributed by atoms with Crippen LogP contribution in [0.4, 0.5) is 0 Å². The standard InChI is InChI=1S/C29H46N2O6/c1-2-3-4-5-6-7-8-9-10-11-12-13-14-15-16-19-25(32)36-22-24-26(33)27(34)29(37-24)31-20-17-18-23(21-31)28(30)35/h9-10,17-18,20-21,24,26-27,29,33-34H,2-8,11-16,19,22H2,1H3,(H-,30,35)/p+1/b10-9-/t24?,26-,27-,29-/m1/s1. The first kappa shape index (κ1) is 30.9. The largest absolute Gasteiger partial charge is 0.463 e. The predicted octanol–water partition coefficient (Wildman–Crippen LogP) is 4.27. The molecule has 1 aromatic heterocycles. The maximum atomic E-state index is 12.1. The van der Waals surface area contributed by atoms with Gasteiger partial charge in [0.15, 0.2) is 18.5 Å². The van der Waals surface area contributed by atoms with Crippen LogP contribution in [0.15, 0.2) is 36.7 Å². The summed E-state index contributed by atoms with van der Waals surface area (Å²) in [6, 6.07) is 3.15. The molecule has 8 heteroatoms. The molecule has 0 spiro atoms. The number of amides is 1. The van der Waals surface area contributed by atoms with Gasteiger partial charge in [-0.2, -0.15) is 4.57 Å². The molecule has 4 atom stereocenters. The lowest BCUT2D eigenvalue weighted by molar-refractivity contribution is -0.765. The fraction of sp³-hybridized carbons (Fsp3) is 0.690. The number of allylic oxidation sites excluding steroid dienone is 2. The Labute approximate surface area is 221 Å². The van der Waals surface area contributed by atoms with Crippen molar-refractivity contribution in [2.75, 3.05) is 6.61 Å². The number of primary amides is 1. The number of aliphatic hydroxyl groups is 2. The minimum Gasteiger partial charge on any atom is -0.463 e. The maximum absolute atomic E-state index is 12.1. The van der Waals surface area contributed by atoms with E-state index in [9.17, 15) is 19.8 Å². The number of nitrogens with two attached hydrogens (primary N) is 1. The Balaban J connectivity index is 1.52. The number of hydrogen-bond acceptors (Lipinski definition) is 6. The monoisotopic (exact) mass is 519 g/mol. The lowest BCUT2D eigenvalue weighted by Gasteiger charge is -2.13. The Kier molecular flexibility index (Phi) is 15.1. The Morgan fingerprint density at radius 1 is 0.973 bits per heavy atom. The highest BCUT2D eigenvalue weighted by molar-refractivity contribution is 5.92. The summed E-state index contributed by atoms with van der Waals surface area (Å²) in [7, 11) is 0. The van der Waals surface area contributed by atoms with E-state index >= 15 is 0 Å². The van der Waals surface area contributed by atoms with Crippen LogP contribution in [-0.2, 0) is 14.3 Å². The summed E-state index contributed by atoms with van der Waals surface area (Å²) >= 11 is 0. The van der Waals surface area contributed by atoms with Crippen molar-refractivity contribution in [3.8, 4) is 0 Å². The van der Waals surface area contributed by atoms with Crippen molar-refractivity contribution in [2.45, 2.75) is 121 Å². The van der Waals surface area contributed by atoms with Gasteiger partial charge in [-0.15, -0.1) is 0 Å². The third-order valence-corrected chi connectivity index (χ3v) is 6.79. The summed E-state index contributed by atoms with van der Waals surface area (Å²) in [5.74, 6) is -0.946. The number of carbonyl (C=O) groups is 2. The number of hydrogen-bond donors (Lipinski definition) is 3. The van der Waals surface area contributed by atoms with E-state index in [1.165, 1.54) is 62.1 Å². The van der Waals surface area contributed by atoms with Crippen LogP contribution in [0, 0.1) is 0 Å². The van der Waals surface area contributed by atoms with E-state index in [1.807, 2.05) is 0 Å². The van der Waals surface area contributed by atoms with Crippen LogP contribution < -0.4 is 10.3 Å². The molecular weight excluding hydrogens is 472 g/mol. The van der Waals surface area contributed by atoms with Crippen molar-refractivity contribution in [2.24, 2.45) is 5.73 Å². The van der Waals surface area contributed by atoms with E-state index < -0.39 is 30.4 Å². The second-order valence-electron chi connectivity index (χ2n) is 9.97. The number of unbranched alkanes of at least 4 members (excludes halogenated alkanes) is 11. The summed E-state index contributed by atoms with van der Waals surface area (Å²) in [5, 5.41) is 20.7. The topological polar surface area (TPSA) is 123 Å². The van der Waals surface area contributed by atoms with Crippen molar-refractivity contribution >= 4 is 11.9 Å². The highest BCUT2D eigenvalue weighted by atomic mass is 16.6. The van der Waals surface area contributed by atoms with Gasteiger partial charge in [0.1, 0.15) is 24.4 Å². The van der Waals surface area contributed by atoms with Crippen LogP contribution in [0.25, 0.3) is 0 Å². The van der Waals surface area contributed by atoms with Crippen LogP contribution in [0.1, 0.15) is 113 Å². The number of esters is 1. The molecular formula is C29H47N2O6+. The highest BCUT2D eigenvalue weighted by Gasteiger charge is 2.48. The average molecular weight is 520 g/mol. The summed E-state index contributed by atoms with van der Waals surface area (Å²) in [4.78, 5) is 23.5. The first-order chi connectivity index (χ1) is 17.9. The molecule has 0 aromatic carbocycles. The van der Waals surface area contributed by atoms with Gasteiger partial charge in [-0.3, -0.25) is 9.59 Å². The van der Waals surface area contributed by atoms with Gasteiger partial charge in [-0.05, 0) is 38.2 Å². The summed E-state index contributed by atoms with van der Waals surface area (Å²) in [6.07, 6.45) is 19.3. The van der Waals surface area contributed by atoms with Crippen molar-refractivity contribution in [1.82, 2.24) is 0 Å². The van der Waals surface area contributed by atoms with Crippen molar-refractivity contribution in [3.05, 3.63) is 42.2 Å². The van der Waals surface area contributed by atoms with E-state index in [0.717, 1.165) is 32.1 Å². The number of nitrogens with zero attached hydrogens (tertiary/aromatic N) is 1. The van der Waals surface area contributed by atoms with E-state index in [1.54, 1.807) is 18.3 Å². The molecule has 0 bridgehead atoms. The molecule has 0 radical (unpaired) electrons. The molecule has 0 aliphatic carbocycles. The van der Waals surface area contributed by atoms with E-state index in [2.05, 4.69) is 19.1 Å². The Bertz CT molecular complexity index is 830. The lowest BCUT2D eigenvalue weighted by Crippen LogP contribution is -2.46. The first-order valence-electron chi connectivity index (χ1n) is 14.1. The maximum Gasteiger partial charge on any atom is 0.305 e. The molecule has 2 rings (SSSR count). The molecule has 1 amide bonds. The minimum absolute atomic E-state index is 0.144. The molecule has 1 aliphatic rings. The number of aliphatic hydroxyl groups excluding tert-OH is 2. The van der Waals surface area contributed by atoms with Crippen LogP contribution in [0.2, 0.25) is 0 Å². The highest BCUT2D eigenvalue weighted by Crippen LogP contribution is 2.26. The van der Waals surface area contributed by atoms with Crippen LogP contribution in [-0.4, -0.2) is 47.0 Å². The van der Waals surface area contributed by atoms with E-state index in [0.29, 0.717) is 6.42 Å². The van der Waals surface area contributed by atoms with Gasteiger partial charge < -0.3 is 25.4 Å². The van der Waals surface area contributed by atoms with Crippen LogP contribution >= 0.6 is 0 Å². The van der Waals surface area contributed by atoms with Crippen LogP contribution in [0.3, 0.4) is 0 Å². The lowest BCUT2D eigenvalue weighted by atomic mass is 10.1. The van der Waals surface area contributed by atoms with Crippen molar-refractivity contribution in [3.63, 3.8) is 0 Å². The summed E-state index contributed by atoms with van der Waals surface area (Å²) in [6.45, 7) is 2.10. The van der Waals surface area contributed by atoms with Crippen molar-refractivity contribution < 1.29 is 33.8 Å². The molecule has 1 fully saturated rings.